The molecule has 0 aliphatic rings. The number of aromatic nitrogens is 1. The summed E-state index contributed by atoms with van der Waals surface area (Å²) in [6.07, 6.45) is 2.53. The first kappa shape index (κ1) is 14.5. The van der Waals surface area contributed by atoms with Crippen molar-refractivity contribution >= 4 is 27.6 Å². The molecule has 2 aromatic rings. The molecule has 1 aromatic carbocycles. The van der Waals surface area contributed by atoms with Gasteiger partial charge in [0.05, 0.1) is 11.3 Å². The second-order valence-electron chi connectivity index (χ2n) is 4.43. The van der Waals surface area contributed by atoms with Crippen molar-refractivity contribution in [3.63, 3.8) is 0 Å². The first-order valence-corrected chi connectivity index (χ1v) is 7.01. The molecular weight excluding hydrogens is 320 g/mol. The highest BCUT2D eigenvalue weighted by Crippen LogP contribution is 2.27. The highest BCUT2D eigenvalue weighted by Gasteiger charge is 2.16. The zero-order valence-corrected chi connectivity index (χ0v) is 12.7. The molecule has 2 rings (SSSR count). The van der Waals surface area contributed by atoms with Gasteiger partial charge in [0, 0.05) is 36.4 Å². The molecule has 0 spiro atoms. The van der Waals surface area contributed by atoms with Crippen LogP contribution in [0.4, 0.5) is 5.69 Å². The van der Waals surface area contributed by atoms with Crippen LogP contribution in [0.5, 0.6) is 0 Å². The fourth-order valence-electron chi connectivity index (χ4n) is 1.99. The number of hydrogen-bond acceptors (Lipinski definition) is 3. The molecule has 0 atom stereocenters. The van der Waals surface area contributed by atoms with E-state index in [1.165, 1.54) is 0 Å². The van der Waals surface area contributed by atoms with Crippen LogP contribution in [0.1, 0.15) is 16.1 Å². The summed E-state index contributed by atoms with van der Waals surface area (Å²) < 4.78 is 0.590. The summed E-state index contributed by atoms with van der Waals surface area (Å²) in [5.74, 6) is -0.933. The van der Waals surface area contributed by atoms with E-state index in [2.05, 4.69) is 20.9 Å². The first-order chi connectivity index (χ1) is 9.59. The van der Waals surface area contributed by atoms with Crippen LogP contribution in [0.3, 0.4) is 0 Å². The maximum atomic E-state index is 11.4. The Labute approximate surface area is 126 Å². The number of anilines is 1. The standard InChI is InChI=1S/C15H15BrN2O2/c1-18(10-8-11-5-2-3-9-17-11)13-7-4-6-12(16)14(13)15(19)20/h2-7,9H,8,10H2,1H3,(H,19,20). The van der Waals surface area contributed by atoms with Crippen LogP contribution in [-0.4, -0.2) is 29.7 Å². The number of hydrogen-bond donors (Lipinski definition) is 1. The molecule has 0 aliphatic heterocycles. The monoisotopic (exact) mass is 334 g/mol. The molecule has 5 heteroatoms. The van der Waals surface area contributed by atoms with E-state index in [4.69, 9.17) is 0 Å². The van der Waals surface area contributed by atoms with E-state index in [1.807, 2.05) is 42.3 Å². The first-order valence-electron chi connectivity index (χ1n) is 6.22. The Kier molecular flexibility index (Phi) is 4.74. The van der Waals surface area contributed by atoms with Crippen molar-refractivity contribution in [2.75, 3.05) is 18.5 Å². The van der Waals surface area contributed by atoms with Crippen molar-refractivity contribution in [1.29, 1.82) is 0 Å². The average molecular weight is 335 g/mol. The van der Waals surface area contributed by atoms with Crippen LogP contribution in [-0.2, 0) is 6.42 Å². The Morgan fingerprint density at radius 3 is 2.75 bits per heavy atom. The normalized spacial score (nSPS) is 10.3. The number of carbonyl (C=O) groups is 1. The second kappa shape index (κ2) is 6.52. The topological polar surface area (TPSA) is 53.4 Å². The lowest BCUT2D eigenvalue weighted by Crippen LogP contribution is -2.23. The van der Waals surface area contributed by atoms with Gasteiger partial charge in [0.15, 0.2) is 0 Å². The summed E-state index contributed by atoms with van der Waals surface area (Å²) in [7, 11) is 1.89. The third-order valence-electron chi connectivity index (χ3n) is 3.05. The maximum absolute atomic E-state index is 11.4. The largest absolute Gasteiger partial charge is 0.478 e. The van der Waals surface area contributed by atoms with E-state index in [0.29, 0.717) is 16.7 Å². The third kappa shape index (κ3) is 3.36. The van der Waals surface area contributed by atoms with E-state index < -0.39 is 5.97 Å². The summed E-state index contributed by atoms with van der Waals surface area (Å²) in [5.41, 5.74) is 1.98. The molecule has 20 heavy (non-hydrogen) atoms. The summed E-state index contributed by atoms with van der Waals surface area (Å²) in [5, 5.41) is 9.31. The Morgan fingerprint density at radius 2 is 2.10 bits per heavy atom. The number of likely N-dealkylation sites (N-methyl/N-ethyl adjacent to an activating group) is 1. The molecule has 0 radical (unpaired) electrons. The van der Waals surface area contributed by atoms with Crippen molar-refractivity contribution in [2.24, 2.45) is 0 Å². The van der Waals surface area contributed by atoms with E-state index in [1.54, 1.807) is 12.3 Å². The minimum atomic E-state index is -0.933. The predicted molar refractivity (Wildman–Crippen MR) is 82.3 cm³/mol. The molecule has 0 amide bonds. The lowest BCUT2D eigenvalue weighted by molar-refractivity contribution is 0.0696. The minimum absolute atomic E-state index is 0.288. The number of carboxylic acids is 1. The number of carboxylic acid groups (broad SMARTS) is 1. The van der Waals surface area contributed by atoms with Crippen LogP contribution < -0.4 is 4.90 Å². The third-order valence-corrected chi connectivity index (χ3v) is 3.71. The maximum Gasteiger partial charge on any atom is 0.338 e. The second-order valence-corrected chi connectivity index (χ2v) is 5.29. The summed E-state index contributed by atoms with van der Waals surface area (Å²) >= 11 is 3.29. The quantitative estimate of drug-likeness (QED) is 0.912. The number of rotatable bonds is 5. The lowest BCUT2D eigenvalue weighted by Gasteiger charge is -2.21. The lowest BCUT2D eigenvalue weighted by atomic mass is 10.1. The molecule has 104 valence electrons. The Hall–Kier alpha value is -1.88. The molecule has 1 N–H and O–H groups in total. The average Bonchev–Trinajstić information content (AvgIpc) is 2.45. The molecule has 1 heterocycles. The van der Waals surface area contributed by atoms with Gasteiger partial charge in [-0.3, -0.25) is 4.98 Å². The molecule has 0 aliphatic carbocycles. The van der Waals surface area contributed by atoms with Crippen molar-refractivity contribution in [3.8, 4) is 0 Å². The van der Waals surface area contributed by atoms with Gasteiger partial charge >= 0.3 is 5.97 Å². The highest BCUT2D eigenvalue weighted by atomic mass is 79.9. The van der Waals surface area contributed by atoms with E-state index >= 15 is 0 Å². The number of pyridine rings is 1. The van der Waals surface area contributed by atoms with Gasteiger partial charge in [-0.15, -0.1) is 0 Å². The van der Waals surface area contributed by atoms with Crippen LogP contribution in [0.2, 0.25) is 0 Å². The van der Waals surface area contributed by atoms with Crippen LogP contribution in [0.15, 0.2) is 47.1 Å². The fraction of sp³-hybridized carbons (Fsp3) is 0.200. The number of halogens is 1. The Morgan fingerprint density at radius 1 is 1.30 bits per heavy atom. The molecular formula is C15H15BrN2O2. The molecule has 0 bridgehead atoms. The van der Waals surface area contributed by atoms with Crippen LogP contribution >= 0.6 is 15.9 Å². The van der Waals surface area contributed by atoms with E-state index in [-0.39, 0.29) is 5.56 Å². The zero-order valence-electron chi connectivity index (χ0n) is 11.1. The summed E-state index contributed by atoms with van der Waals surface area (Å²) in [6.45, 7) is 0.702. The molecule has 0 saturated heterocycles. The van der Waals surface area contributed by atoms with Gasteiger partial charge in [-0.1, -0.05) is 12.1 Å². The summed E-state index contributed by atoms with van der Waals surface area (Å²) in [4.78, 5) is 17.6. The van der Waals surface area contributed by atoms with Crippen molar-refractivity contribution in [2.45, 2.75) is 6.42 Å². The fourth-order valence-corrected chi connectivity index (χ4v) is 2.52. The van der Waals surface area contributed by atoms with Gasteiger partial charge in [-0.05, 0) is 40.2 Å². The zero-order chi connectivity index (χ0) is 14.5. The van der Waals surface area contributed by atoms with Crippen LogP contribution in [0, 0.1) is 0 Å². The number of benzene rings is 1. The van der Waals surface area contributed by atoms with Gasteiger partial charge < -0.3 is 10.0 Å². The van der Waals surface area contributed by atoms with Gasteiger partial charge in [0.1, 0.15) is 0 Å². The molecule has 4 nitrogen and oxygen atoms in total. The smallest absolute Gasteiger partial charge is 0.338 e. The van der Waals surface area contributed by atoms with E-state index in [0.717, 1.165) is 12.1 Å². The van der Waals surface area contributed by atoms with Gasteiger partial charge in [-0.2, -0.15) is 0 Å². The van der Waals surface area contributed by atoms with Gasteiger partial charge in [0.25, 0.3) is 0 Å². The minimum Gasteiger partial charge on any atom is -0.478 e. The number of aromatic carboxylic acids is 1. The van der Waals surface area contributed by atoms with Gasteiger partial charge in [0.2, 0.25) is 0 Å². The SMILES string of the molecule is CN(CCc1ccccn1)c1cccc(Br)c1C(=O)O. The Balaban J connectivity index is 2.15. The highest BCUT2D eigenvalue weighted by molar-refractivity contribution is 9.10. The van der Waals surface area contributed by atoms with Crippen molar-refractivity contribution in [1.82, 2.24) is 4.98 Å². The predicted octanol–water partition coefficient (Wildman–Crippen LogP) is 3.22. The molecule has 1 aromatic heterocycles. The van der Waals surface area contributed by atoms with Crippen molar-refractivity contribution < 1.29 is 9.90 Å². The van der Waals surface area contributed by atoms with Crippen molar-refractivity contribution in [3.05, 3.63) is 58.3 Å². The molecule has 0 unspecified atom stereocenters. The van der Waals surface area contributed by atoms with Crippen LogP contribution in [0.25, 0.3) is 0 Å². The molecule has 0 fully saturated rings. The van der Waals surface area contributed by atoms with Gasteiger partial charge in [-0.25, -0.2) is 4.79 Å². The molecule has 0 saturated carbocycles. The Bertz CT molecular complexity index is 602. The summed E-state index contributed by atoms with van der Waals surface area (Å²) in [6, 6.07) is 11.2. The number of nitrogens with zero attached hydrogens (tertiary/aromatic N) is 2. The van der Waals surface area contributed by atoms with E-state index in [9.17, 15) is 9.90 Å².